The summed E-state index contributed by atoms with van der Waals surface area (Å²) in [4.78, 5) is 26.6. The average molecular weight is 296 g/mol. The molecule has 114 valence electrons. The standard InChI is InChI=1S/C18H20N2O2/c1-10-3-4-11(2)14(7-10)19-9-20-17(21)15-12-5-6-13(8-12)16(15)18(20)22/h3-7,12-13,15-16,19H,8-9H2,1-2H3/t12-,13+,15-,16+. The van der Waals surface area contributed by atoms with Crippen molar-refractivity contribution in [1.82, 2.24) is 4.90 Å². The summed E-state index contributed by atoms with van der Waals surface area (Å²) in [5.41, 5.74) is 3.26. The van der Waals surface area contributed by atoms with Gasteiger partial charge in [0.2, 0.25) is 11.8 Å². The van der Waals surface area contributed by atoms with Gasteiger partial charge in [0.15, 0.2) is 0 Å². The minimum absolute atomic E-state index is 0.00431. The minimum Gasteiger partial charge on any atom is -0.367 e. The highest BCUT2D eigenvalue weighted by molar-refractivity contribution is 6.06. The van der Waals surface area contributed by atoms with E-state index in [2.05, 4.69) is 23.5 Å². The largest absolute Gasteiger partial charge is 0.367 e. The summed E-state index contributed by atoms with van der Waals surface area (Å²) < 4.78 is 0. The number of imide groups is 1. The molecule has 2 fully saturated rings. The van der Waals surface area contributed by atoms with E-state index in [-0.39, 0.29) is 42.2 Å². The van der Waals surface area contributed by atoms with Crippen LogP contribution < -0.4 is 5.32 Å². The monoisotopic (exact) mass is 296 g/mol. The molecular weight excluding hydrogens is 276 g/mol. The molecule has 2 bridgehead atoms. The summed E-state index contributed by atoms with van der Waals surface area (Å²) in [5.74, 6) is 0.342. The molecule has 4 atom stereocenters. The fourth-order valence-corrected chi connectivity index (χ4v) is 4.21. The molecule has 1 heterocycles. The molecule has 1 aromatic rings. The van der Waals surface area contributed by atoms with Crippen LogP contribution in [0.4, 0.5) is 5.69 Å². The third-order valence-electron chi connectivity index (χ3n) is 5.38. The van der Waals surface area contributed by atoms with Crippen LogP contribution in [0.5, 0.6) is 0 Å². The van der Waals surface area contributed by atoms with E-state index in [0.717, 1.165) is 23.2 Å². The maximum atomic E-state index is 12.6. The van der Waals surface area contributed by atoms with Crippen molar-refractivity contribution in [3.63, 3.8) is 0 Å². The van der Waals surface area contributed by atoms with Crippen LogP contribution in [0.1, 0.15) is 17.5 Å². The van der Waals surface area contributed by atoms with Gasteiger partial charge in [-0.05, 0) is 49.3 Å². The van der Waals surface area contributed by atoms with Crippen molar-refractivity contribution in [2.75, 3.05) is 12.0 Å². The van der Waals surface area contributed by atoms with Crippen molar-refractivity contribution < 1.29 is 9.59 Å². The van der Waals surface area contributed by atoms with Gasteiger partial charge in [-0.2, -0.15) is 0 Å². The van der Waals surface area contributed by atoms with Crippen LogP contribution in [0.25, 0.3) is 0 Å². The Balaban J connectivity index is 1.51. The highest BCUT2D eigenvalue weighted by Gasteiger charge is 2.59. The van der Waals surface area contributed by atoms with Crippen LogP contribution in [-0.2, 0) is 9.59 Å². The first-order valence-corrected chi connectivity index (χ1v) is 7.91. The van der Waals surface area contributed by atoms with Gasteiger partial charge in [0.05, 0.1) is 18.5 Å². The highest BCUT2D eigenvalue weighted by atomic mass is 16.2. The molecule has 1 saturated heterocycles. The predicted molar refractivity (Wildman–Crippen MR) is 84.0 cm³/mol. The fourth-order valence-electron chi connectivity index (χ4n) is 4.21. The molecule has 4 heteroatoms. The SMILES string of the molecule is Cc1ccc(C)c(NCN2C(=O)[C@@H]3[C@H](C2=O)[C@@H]2C=C[C@H]3C2)c1. The molecule has 2 aliphatic carbocycles. The summed E-state index contributed by atoms with van der Waals surface area (Å²) in [7, 11) is 0. The van der Waals surface area contributed by atoms with E-state index in [1.54, 1.807) is 0 Å². The van der Waals surface area contributed by atoms with Crippen molar-refractivity contribution in [2.24, 2.45) is 23.7 Å². The molecule has 1 saturated carbocycles. The molecule has 0 unspecified atom stereocenters. The molecule has 0 spiro atoms. The van der Waals surface area contributed by atoms with Crippen molar-refractivity contribution in [3.05, 3.63) is 41.5 Å². The number of allylic oxidation sites excluding steroid dienone is 2. The van der Waals surface area contributed by atoms with E-state index in [1.165, 1.54) is 4.90 Å². The second kappa shape index (κ2) is 4.70. The minimum atomic E-state index is -0.108. The number of nitrogens with one attached hydrogen (secondary N) is 1. The number of benzene rings is 1. The van der Waals surface area contributed by atoms with Crippen LogP contribution in [0, 0.1) is 37.5 Å². The Morgan fingerprint density at radius 1 is 1.09 bits per heavy atom. The molecule has 3 aliphatic rings. The van der Waals surface area contributed by atoms with Crippen molar-refractivity contribution in [1.29, 1.82) is 0 Å². The third kappa shape index (κ3) is 1.83. The van der Waals surface area contributed by atoms with E-state index in [1.807, 2.05) is 26.0 Å². The lowest BCUT2D eigenvalue weighted by atomic mass is 9.85. The van der Waals surface area contributed by atoms with Crippen LogP contribution in [0.3, 0.4) is 0 Å². The second-order valence-corrected chi connectivity index (χ2v) is 6.76. The smallest absolute Gasteiger partial charge is 0.235 e. The molecule has 4 rings (SSSR count). The number of hydrogen-bond donors (Lipinski definition) is 1. The Kier molecular flexibility index (Phi) is 2.90. The van der Waals surface area contributed by atoms with Gasteiger partial charge in [0.25, 0.3) is 0 Å². The average Bonchev–Trinajstić information content (AvgIpc) is 3.16. The Labute approximate surface area is 130 Å². The number of anilines is 1. The quantitative estimate of drug-likeness (QED) is 0.688. The Hall–Kier alpha value is -2.10. The zero-order chi connectivity index (χ0) is 15.4. The molecule has 1 aromatic carbocycles. The number of aryl methyl sites for hydroxylation is 2. The van der Waals surface area contributed by atoms with Gasteiger partial charge >= 0.3 is 0 Å². The maximum Gasteiger partial charge on any atom is 0.235 e. The predicted octanol–water partition coefficient (Wildman–Crippen LogP) is 2.48. The summed E-state index contributed by atoms with van der Waals surface area (Å²) in [6, 6.07) is 6.15. The summed E-state index contributed by atoms with van der Waals surface area (Å²) in [5, 5.41) is 3.26. The van der Waals surface area contributed by atoms with E-state index < -0.39 is 0 Å². The lowest BCUT2D eigenvalue weighted by Gasteiger charge is -2.19. The van der Waals surface area contributed by atoms with Crippen molar-refractivity contribution in [3.8, 4) is 0 Å². The summed E-state index contributed by atoms with van der Waals surface area (Å²) >= 11 is 0. The van der Waals surface area contributed by atoms with Gasteiger partial charge in [-0.1, -0.05) is 24.3 Å². The van der Waals surface area contributed by atoms with E-state index in [9.17, 15) is 9.59 Å². The molecule has 4 nitrogen and oxygen atoms in total. The highest BCUT2D eigenvalue weighted by Crippen LogP contribution is 2.52. The molecule has 1 aliphatic heterocycles. The molecular formula is C18H20N2O2. The zero-order valence-corrected chi connectivity index (χ0v) is 12.9. The summed E-state index contributed by atoms with van der Waals surface area (Å²) in [6.45, 7) is 4.33. The van der Waals surface area contributed by atoms with Gasteiger partial charge in [-0.15, -0.1) is 0 Å². The normalized spacial score (nSPS) is 32.0. The number of carbonyl (C=O) groups is 2. The van der Waals surface area contributed by atoms with Gasteiger partial charge in [0, 0.05) is 5.69 Å². The van der Waals surface area contributed by atoms with E-state index >= 15 is 0 Å². The first kappa shape index (κ1) is 13.6. The van der Waals surface area contributed by atoms with Gasteiger partial charge in [-0.25, -0.2) is 0 Å². The maximum absolute atomic E-state index is 12.6. The molecule has 0 radical (unpaired) electrons. The van der Waals surface area contributed by atoms with Crippen LogP contribution in [0.2, 0.25) is 0 Å². The van der Waals surface area contributed by atoms with E-state index in [0.29, 0.717) is 0 Å². The Morgan fingerprint density at radius 2 is 1.73 bits per heavy atom. The molecule has 2 amide bonds. The molecule has 22 heavy (non-hydrogen) atoms. The zero-order valence-electron chi connectivity index (χ0n) is 12.9. The number of nitrogens with zero attached hydrogens (tertiary/aromatic N) is 1. The van der Waals surface area contributed by atoms with E-state index in [4.69, 9.17) is 0 Å². The number of hydrogen-bond acceptors (Lipinski definition) is 3. The fraction of sp³-hybridized carbons (Fsp3) is 0.444. The number of amides is 2. The van der Waals surface area contributed by atoms with Crippen molar-refractivity contribution in [2.45, 2.75) is 20.3 Å². The summed E-state index contributed by atoms with van der Waals surface area (Å²) in [6.07, 6.45) is 5.22. The first-order valence-electron chi connectivity index (χ1n) is 7.91. The second-order valence-electron chi connectivity index (χ2n) is 6.76. The number of carbonyl (C=O) groups excluding carboxylic acids is 2. The topological polar surface area (TPSA) is 49.4 Å². The van der Waals surface area contributed by atoms with Crippen molar-refractivity contribution >= 4 is 17.5 Å². The lowest BCUT2D eigenvalue weighted by molar-refractivity contribution is -0.140. The Bertz CT molecular complexity index is 664. The Morgan fingerprint density at radius 3 is 2.36 bits per heavy atom. The number of likely N-dealkylation sites (tertiary alicyclic amines) is 1. The first-order chi connectivity index (χ1) is 10.6. The van der Waals surface area contributed by atoms with Crippen LogP contribution in [-0.4, -0.2) is 23.4 Å². The van der Waals surface area contributed by atoms with Crippen LogP contribution in [0.15, 0.2) is 30.4 Å². The van der Waals surface area contributed by atoms with Gasteiger partial charge < -0.3 is 5.32 Å². The van der Waals surface area contributed by atoms with Gasteiger partial charge in [-0.3, -0.25) is 14.5 Å². The van der Waals surface area contributed by atoms with Crippen LogP contribution >= 0.6 is 0 Å². The molecule has 1 N–H and O–H groups in total. The lowest BCUT2D eigenvalue weighted by Crippen LogP contribution is -2.37. The third-order valence-corrected chi connectivity index (χ3v) is 5.38. The van der Waals surface area contributed by atoms with Gasteiger partial charge in [0.1, 0.15) is 0 Å². The number of fused-ring (bicyclic) bond motifs is 5. The molecule has 0 aromatic heterocycles. The number of rotatable bonds is 3.